The highest BCUT2D eigenvalue weighted by molar-refractivity contribution is 5.79. The highest BCUT2D eigenvalue weighted by Gasteiger charge is 2.38. The predicted octanol–water partition coefficient (Wildman–Crippen LogP) is 2.62. The molecule has 0 spiro atoms. The molecule has 1 saturated carbocycles. The zero-order valence-corrected chi connectivity index (χ0v) is 16.4. The Balaban J connectivity index is 1.64. The number of nitrogens with zero attached hydrogens (tertiary/aromatic N) is 4. The summed E-state index contributed by atoms with van der Waals surface area (Å²) in [6, 6.07) is 0. The van der Waals surface area contributed by atoms with Gasteiger partial charge in [0.1, 0.15) is 6.54 Å². The molecule has 0 atom stereocenters. The van der Waals surface area contributed by atoms with Crippen LogP contribution < -0.4 is 10.6 Å². The van der Waals surface area contributed by atoms with Gasteiger partial charge in [0.2, 0.25) is 5.89 Å². The number of aliphatic imine (C=N–C) groups is 1. The molecule has 7 heteroatoms. The van der Waals surface area contributed by atoms with Crippen LogP contribution in [0.15, 0.2) is 9.52 Å². The van der Waals surface area contributed by atoms with Crippen molar-refractivity contribution in [2.75, 3.05) is 26.2 Å². The highest BCUT2D eigenvalue weighted by Crippen LogP contribution is 2.35. The van der Waals surface area contributed by atoms with Gasteiger partial charge in [0, 0.05) is 25.6 Å². The molecule has 2 heterocycles. The van der Waals surface area contributed by atoms with Crippen LogP contribution in [0, 0.1) is 6.92 Å². The number of aromatic nitrogens is 2. The van der Waals surface area contributed by atoms with Crippen molar-refractivity contribution in [3.05, 3.63) is 11.7 Å². The molecule has 0 bridgehead atoms. The third-order valence-corrected chi connectivity index (χ3v) is 5.69. The fraction of sp³-hybridized carbons (Fsp3) is 0.842. The minimum Gasteiger partial charge on any atom is -0.357 e. The first-order valence-corrected chi connectivity index (χ1v) is 10.3. The van der Waals surface area contributed by atoms with Crippen molar-refractivity contribution in [1.29, 1.82) is 0 Å². The van der Waals surface area contributed by atoms with Crippen LogP contribution in [0.5, 0.6) is 0 Å². The first-order chi connectivity index (χ1) is 12.7. The van der Waals surface area contributed by atoms with Crippen LogP contribution in [-0.2, 0) is 6.54 Å². The largest absolute Gasteiger partial charge is 0.357 e. The van der Waals surface area contributed by atoms with E-state index in [1.165, 1.54) is 64.5 Å². The number of aryl methyl sites for hydroxylation is 1. The molecular formula is C19H34N6O. The Hall–Kier alpha value is -1.63. The number of piperidine rings is 1. The van der Waals surface area contributed by atoms with Crippen molar-refractivity contribution in [2.24, 2.45) is 4.99 Å². The number of nitrogens with one attached hydrogen (secondary N) is 2. The topological polar surface area (TPSA) is 78.6 Å². The molecule has 0 aromatic carbocycles. The van der Waals surface area contributed by atoms with Gasteiger partial charge in [0.25, 0.3) is 0 Å². The summed E-state index contributed by atoms with van der Waals surface area (Å²) in [4.78, 5) is 11.6. The molecule has 0 unspecified atom stereocenters. The zero-order chi connectivity index (χ0) is 18.2. The summed E-state index contributed by atoms with van der Waals surface area (Å²) in [5.41, 5.74) is 0.289. The van der Waals surface area contributed by atoms with Gasteiger partial charge in [-0.05, 0) is 45.7 Å². The summed E-state index contributed by atoms with van der Waals surface area (Å²) in [7, 11) is 0. The van der Waals surface area contributed by atoms with E-state index in [9.17, 15) is 0 Å². The lowest BCUT2D eigenvalue weighted by Crippen LogP contribution is -2.59. The van der Waals surface area contributed by atoms with Gasteiger partial charge in [-0.25, -0.2) is 4.99 Å². The zero-order valence-electron chi connectivity index (χ0n) is 16.4. The molecular weight excluding hydrogens is 328 g/mol. The molecule has 1 aromatic heterocycles. The normalized spacial score (nSPS) is 21.5. The average molecular weight is 363 g/mol. The molecule has 2 aliphatic rings. The van der Waals surface area contributed by atoms with Crippen LogP contribution in [0.25, 0.3) is 0 Å². The summed E-state index contributed by atoms with van der Waals surface area (Å²) in [5.74, 6) is 2.06. The average Bonchev–Trinajstić information content (AvgIpc) is 3.11. The maximum atomic E-state index is 5.03. The molecule has 0 radical (unpaired) electrons. The van der Waals surface area contributed by atoms with Crippen LogP contribution in [0.3, 0.4) is 0 Å². The van der Waals surface area contributed by atoms with Gasteiger partial charge in [-0.2, -0.15) is 4.98 Å². The lowest BCUT2D eigenvalue weighted by Gasteiger charge is -2.48. The van der Waals surface area contributed by atoms with Crippen LogP contribution in [0.1, 0.15) is 70.0 Å². The van der Waals surface area contributed by atoms with E-state index < -0.39 is 0 Å². The van der Waals surface area contributed by atoms with Gasteiger partial charge < -0.3 is 15.2 Å². The molecule has 1 aromatic rings. The van der Waals surface area contributed by atoms with Crippen molar-refractivity contribution < 1.29 is 4.52 Å². The number of guanidine groups is 1. The molecule has 7 nitrogen and oxygen atoms in total. The minimum atomic E-state index is 0.289. The third kappa shape index (κ3) is 4.96. The third-order valence-electron chi connectivity index (χ3n) is 5.69. The maximum Gasteiger partial charge on any atom is 0.223 e. The van der Waals surface area contributed by atoms with Gasteiger partial charge in [0.15, 0.2) is 11.8 Å². The number of hydrogen-bond acceptors (Lipinski definition) is 5. The summed E-state index contributed by atoms with van der Waals surface area (Å²) < 4.78 is 5.03. The maximum absolute atomic E-state index is 5.03. The molecule has 26 heavy (non-hydrogen) atoms. The van der Waals surface area contributed by atoms with E-state index in [2.05, 4.69) is 37.6 Å². The van der Waals surface area contributed by atoms with E-state index >= 15 is 0 Å². The Bertz CT molecular complexity index is 572. The molecule has 1 aliphatic carbocycles. The Kier molecular flexibility index (Phi) is 6.88. The van der Waals surface area contributed by atoms with E-state index in [0.29, 0.717) is 18.3 Å². The first kappa shape index (κ1) is 19.1. The van der Waals surface area contributed by atoms with Gasteiger partial charge in [-0.15, -0.1) is 0 Å². The van der Waals surface area contributed by atoms with Crippen molar-refractivity contribution in [3.63, 3.8) is 0 Å². The first-order valence-electron chi connectivity index (χ1n) is 10.3. The summed E-state index contributed by atoms with van der Waals surface area (Å²) in [5, 5.41) is 10.9. The SMILES string of the molecule is CCNC(=NCc1noc(C)n1)NCC1(N2CCCCC2)CCCCC1. The Morgan fingerprint density at radius 1 is 1.12 bits per heavy atom. The summed E-state index contributed by atoms with van der Waals surface area (Å²) in [6.07, 6.45) is 10.7. The molecule has 2 N–H and O–H groups in total. The van der Waals surface area contributed by atoms with Gasteiger partial charge in [0.05, 0.1) is 0 Å². The molecule has 146 valence electrons. The Morgan fingerprint density at radius 3 is 2.50 bits per heavy atom. The second-order valence-corrected chi connectivity index (χ2v) is 7.61. The van der Waals surface area contributed by atoms with E-state index in [-0.39, 0.29) is 5.54 Å². The van der Waals surface area contributed by atoms with Gasteiger partial charge in [-0.3, -0.25) is 4.90 Å². The summed E-state index contributed by atoms with van der Waals surface area (Å²) in [6.45, 7) is 8.63. The van der Waals surface area contributed by atoms with Gasteiger partial charge >= 0.3 is 0 Å². The van der Waals surface area contributed by atoms with Crippen LogP contribution in [0.2, 0.25) is 0 Å². The smallest absolute Gasteiger partial charge is 0.223 e. The summed E-state index contributed by atoms with van der Waals surface area (Å²) >= 11 is 0. The monoisotopic (exact) mass is 362 g/mol. The fourth-order valence-electron chi connectivity index (χ4n) is 4.33. The number of rotatable bonds is 6. The van der Waals surface area contributed by atoms with E-state index in [1.807, 2.05) is 0 Å². The molecule has 3 rings (SSSR count). The Morgan fingerprint density at radius 2 is 1.85 bits per heavy atom. The predicted molar refractivity (Wildman–Crippen MR) is 103 cm³/mol. The van der Waals surface area contributed by atoms with Crippen molar-refractivity contribution >= 4 is 5.96 Å². The van der Waals surface area contributed by atoms with Crippen molar-refractivity contribution in [2.45, 2.75) is 77.3 Å². The van der Waals surface area contributed by atoms with E-state index in [1.54, 1.807) is 6.92 Å². The van der Waals surface area contributed by atoms with Crippen molar-refractivity contribution in [3.8, 4) is 0 Å². The molecule has 0 amide bonds. The lowest BCUT2D eigenvalue weighted by atomic mass is 9.79. The van der Waals surface area contributed by atoms with Crippen LogP contribution in [0.4, 0.5) is 0 Å². The fourth-order valence-corrected chi connectivity index (χ4v) is 4.33. The molecule has 1 aliphatic heterocycles. The standard InChI is InChI=1S/C19H34N6O/c1-3-20-18(21-14-17-23-16(2)26-24-17)22-15-19(10-6-4-7-11-19)25-12-8-5-9-13-25/h3-15H2,1-2H3,(H2,20,21,22). The lowest BCUT2D eigenvalue weighted by molar-refractivity contribution is 0.0368. The second-order valence-electron chi connectivity index (χ2n) is 7.61. The van der Waals surface area contributed by atoms with Gasteiger partial charge in [-0.1, -0.05) is 30.8 Å². The molecule has 1 saturated heterocycles. The van der Waals surface area contributed by atoms with Crippen LogP contribution >= 0.6 is 0 Å². The quantitative estimate of drug-likeness (QED) is 0.598. The number of likely N-dealkylation sites (tertiary alicyclic amines) is 1. The van der Waals surface area contributed by atoms with Crippen LogP contribution in [-0.4, -0.2) is 52.7 Å². The van der Waals surface area contributed by atoms with E-state index in [4.69, 9.17) is 4.52 Å². The molecule has 2 fully saturated rings. The van der Waals surface area contributed by atoms with Crippen molar-refractivity contribution in [1.82, 2.24) is 25.7 Å². The van der Waals surface area contributed by atoms with E-state index in [0.717, 1.165) is 19.0 Å². The Labute approximate surface area is 157 Å². The second kappa shape index (κ2) is 9.35. The number of hydrogen-bond donors (Lipinski definition) is 2. The highest BCUT2D eigenvalue weighted by atomic mass is 16.5. The minimum absolute atomic E-state index is 0.289.